The smallest absolute Gasteiger partial charge is 0.410 e. The van der Waals surface area contributed by atoms with Gasteiger partial charge < -0.3 is 19.7 Å². The Bertz CT molecular complexity index is 327. The van der Waals surface area contributed by atoms with Gasteiger partial charge in [-0.05, 0) is 52.4 Å². The Morgan fingerprint density at radius 3 is 2.57 bits per heavy atom. The fourth-order valence-electron chi connectivity index (χ4n) is 2.89. The molecule has 21 heavy (non-hydrogen) atoms. The SMILES string of the molecule is CC(C)(C)OC(=O)N1CCC(NCC2CCCOC2)CC1. The summed E-state index contributed by atoms with van der Waals surface area (Å²) < 4.78 is 10.9. The van der Waals surface area contributed by atoms with Crippen LogP contribution in [-0.4, -0.2) is 55.5 Å². The number of amides is 1. The maximum Gasteiger partial charge on any atom is 0.410 e. The topological polar surface area (TPSA) is 50.8 Å². The molecule has 0 bridgehead atoms. The molecule has 0 aromatic heterocycles. The molecule has 2 aliphatic rings. The number of nitrogens with zero attached hydrogens (tertiary/aromatic N) is 1. The first kappa shape index (κ1) is 16.6. The summed E-state index contributed by atoms with van der Waals surface area (Å²) in [7, 11) is 0. The molecule has 1 atom stereocenters. The van der Waals surface area contributed by atoms with E-state index in [0.29, 0.717) is 12.0 Å². The average molecular weight is 298 g/mol. The molecule has 2 fully saturated rings. The molecule has 1 amide bonds. The summed E-state index contributed by atoms with van der Waals surface area (Å²) in [6.07, 6.45) is 4.29. The van der Waals surface area contributed by atoms with Gasteiger partial charge in [0.25, 0.3) is 0 Å². The maximum atomic E-state index is 12.0. The number of likely N-dealkylation sites (tertiary alicyclic amines) is 1. The van der Waals surface area contributed by atoms with Crippen molar-refractivity contribution in [3.8, 4) is 0 Å². The minimum Gasteiger partial charge on any atom is -0.444 e. The van der Waals surface area contributed by atoms with Crippen molar-refractivity contribution in [2.45, 2.75) is 58.1 Å². The van der Waals surface area contributed by atoms with E-state index in [9.17, 15) is 4.79 Å². The normalized spacial score (nSPS) is 24.9. The molecular weight excluding hydrogens is 268 g/mol. The number of hydrogen-bond acceptors (Lipinski definition) is 4. The quantitative estimate of drug-likeness (QED) is 0.869. The minimum absolute atomic E-state index is 0.179. The molecular formula is C16H30N2O3. The van der Waals surface area contributed by atoms with Crippen molar-refractivity contribution < 1.29 is 14.3 Å². The molecule has 2 heterocycles. The number of ether oxygens (including phenoxy) is 2. The lowest BCUT2D eigenvalue weighted by molar-refractivity contribution is 0.0191. The third kappa shape index (κ3) is 5.83. The zero-order valence-electron chi connectivity index (χ0n) is 13.7. The molecule has 0 aromatic carbocycles. The van der Waals surface area contributed by atoms with Gasteiger partial charge in [-0.15, -0.1) is 0 Å². The molecule has 0 aromatic rings. The van der Waals surface area contributed by atoms with E-state index < -0.39 is 5.60 Å². The van der Waals surface area contributed by atoms with Crippen molar-refractivity contribution in [1.82, 2.24) is 10.2 Å². The van der Waals surface area contributed by atoms with Crippen LogP contribution in [0.2, 0.25) is 0 Å². The van der Waals surface area contributed by atoms with Crippen LogP contribution in [0.5, 0.6) is 0 Å². The maximum absolute atomic E-state index is 12.0. The van der Waals surface area contributed by atoms with Crippen LogP contribution in [0.15, 0.2) is 0 Å². The van der Waals surface area contributed by atoms with Crippen LogP contribution < -0.4 is 5.32 Å². The van der Waals surface area contributed by atoms with Gasteiger partial charge in [-0.3, -0.25) is 0 Å². The molecule has 0 aliphatic carbocycles. The molecule has 1 N–H and O–H groups in total. The first-order chi connectivity index (χ1) is 9.94. The Balaban J connectivity index is 1.64. The van der Waals surface area contributed by atoms with E-state index >= 15 is 0 Å². The second-order valence-corrected chi connectivity index (χ2v) is 7.23. The molecule has 2 rings (SSSR count). The minimum atomic E-state index is -0.410. The van der Waals surface area contributed by atoms with Crippen LogP contribution in [0.25, 0.3) is 0 Å². The zero-order valence-corrected chi connectivity index (χ0v) is 13.7. The molecule has 0 spiro atoms. The van der Waals surface area contributed by atoms with Crippen LogP contribution in [-0.2, 0) is 9.47 Å². The summed E-state index contributed by atoms with van der Waals surface area (Å²) in [6.45, 7) is 10.1. The molecule has 5 nitrogen and oxygen atoms in total. The van der Waals surface area contributed by atoms with Crippen molar-refractivity contribution in [3.05, 3.63) is 0 Å². The molecule has 2 aliphatic heterocycles. The Kier molecular flexibility index (Phi) is 5.88. The van der Waals surface area contributed by atoms with Crippen molar-refractivity contribution in [1.29, 1.82) is 0 Å². The Morgan fingerprint density at radius 1 is 1.29 bits per heavy atom. The number of carbonyl (C=O) groups is 1. The summed E-state index contributed by atoms with van der Waals surface area (Å²) in [5.41, 5.74) is -0.410. The summed E-state index contributed by atoms with van der Waals surface area (Å²) in [6, 6.07) is 0.519. The van der Waals surface area contributed by atoms with E-state index in [1.165, 1.54) is 12.8 Å². The average Bonchev–Trinajstić information content (AvgIpc) is 2.45. The molecule has 5 heteroatoms. The highest BCUT2D eigenvalue weighted by molar-refractivity contribution is 5.68. The summed E-state index contributed by atoms with van der Waals surface area (Å²) in [5.74, 6) is 0.655. The van der Waals surface area contributed by atoms with Crippen molar-refractivity contribution in [2.24, 2.45) is 5.92 Å². The Labute approximate surface area is 128 Å². The molecule has 0 radical (unpaired) electrons. The van der Waals surface area contributed by atoms with Gasteiger partial charge in [0.1, 0.15) is 5.60 Å². The summed E-state index contributed by atoms with van der Waals surface area (Å²) in [4.78, 5) is 13.8. The highest BCUT2D eigenvalue weighted by atomic mass is 16.6. The predicted octanol–water partition coefficient (Wildman–Crippen LogP) is 2.40. The third-order valence-corrected chi connectivity index (χ3v) is 4.10. The number of piperidine rings is 1. The first-order valence-corrected chi connectivity index (χ1v) is 8.23. The van der Waals surface area contributed by atoms with E-state index in [1.54, 1.807) is 0 Å². The van der Waals surface area contributed by atoms with Crippen LogP contribution in [0, 0.1) is 5.92 Å². The van der Waals surface area contributed by atoms with Gasteiger partial charge in [0.2, 0.25) is 0 Å². The number of hydrogen-bond donors (Lipinski definition) is 1. The predicted molar refractivity (Wildman–Crippen MR) is 82.4 cm³/mol. The van der Waals surface area contributed by atoms with Gasteiger partial charge >= 0.3 is 6.09 Å². The van der Waals surface area contributed by atoms with Crippen molar-refractivity contribution in [2.75, 3.05) is 32.8 Å². The fourth-order valence-corrected chi connectivity index (χ4v) is 2.89. The summed E-state index contributed by atoms with van der Waals surface area (Å²) in [5, 5.41) is 3.64. The Hall–Kier alpha value is -0.810. The molecule has 1 unspecified atom stereocenters. The van der Waals surface area contributed by atoms with E-state index in [1.807, 2.05) is 25.7 Å². The zero-order chi connectivity index (χ0) is 15.3. The van der Waals surface area contributed by atoms with Crippen LogP contribution in [0.3, 0.4) is 0 Å². The van der Waals surface area contributed by atoms with E-state index in [0.717, 1.165) is 45.7 Å². The van der Waals surface area contributed by atoms with Gasteiger partial charge in [0.15, 0.2) is 0 Å². The van der Waals surface area contributed by atoms with Crippen LogP contribution in [0.4, 0.5) is 4.79 Å². The van der Waals surface area contributed by atoms with Gasteiger partial charge in [-0.2, -0.15) is 0 Å². The van der Waals surface area contributed by atoms with E-state index in [-0.39, 0.29) is 6.09 Å². The number of carbonyl (C=O) groups excluding carboxylic acids is 1. The molecule has 2 saturated heterocycles. The lowest BCUT2D eigenvalue weighted by Crippen LogP contribution is -2.47. The van der Waals surface area contributed by atoms with Gasteiger partial charge in [-0.25, -0.2) is 4.79 Å². The van der Waals surface area contributed by atoms with Crippen molar-refractivity contribution in [3.63, 3.8) is 0 Å². The van der Waals surface area contributed by atoms with E-state index in [2.05, 4.69) is 5.32 Å². The largest absolute Gasteiger partial charge is 0.444 e. The van der Waals surface area contributed by atoms with Gasteiger partial charge in [0, 0.05) is 32.3 Å². The lowest BCUT2D eigenvalue weighted by Gasteiger charge is -2.34. The highest BCUT2D eigenvalue weighted by Crippen LogP contribution is 2.17. The highest BCUT2D eigenvalue weighted by Gasteiger charge is 2.27. The van der Waals surface area contributed by atoms with Crippen LogP contribution >= 0.6 is 0 Å². The van der Waals surface area contributed by atoms with Gasteiger partial charge in [-0.1, -0.05) is 0 Å². The second-order valence-electron chi connectivity index (χ2n) is 7.23. The summed E-state index contributed by atoms with van der Waals surface area (Å²) >= 11 is 0. The fraction of sp³-hybridized carbons (Fsp3) is 0.938. The molecule has 122 valence electrons. The van der Waals surface area contributed by atoms with Crippen molar-refractivity contribution >= 4 is 6.09 Å². The standard InChI is InChI=1S/C16H30N2O3/c1-16(2,3)21-15(19)18-8-6-14(7-9-18)17-11-13-5-4-10-20-12-13/h13-14,17H,4-12H2,1-3H3. The van der Waals surface area contributed by atoms with E-state index in [4.69, 9.17) is 9.47 Å². The monoisotopic (exact) mass is 298 g/mol. The molecule has 0 saturated carbocycles. The third-order valence-electron chi connectivity index (χ3n) is 4.10. The number of nitrogens with one attached hydrogen (secondary N) is 1. The number of rotatable bonds is 3. The Morgan fingerprint density at radius 2 is 2.00 bits per heavy atom. The first-order valence-electron chi connectivity index (χ1n) is 8.23. The van der Waals surface area contributed by atoms with Gasteiger partial charge in [0.05, 0.1) is 6.61 Å². The second kappa shape index (κ2) is 7.45. The van der Waals surface area contributed by atoms with Crippen LogP contribution in [0.1, 0.15) is 46.5 Å². The lowest BCUT2D eigenvalue weighted by atomic mass is 10.00.